The Morgan fingerprint density at radius 2 is 0.763 bits per heavy atom. The Morgan fingerprint density at radius 1 is 0.424 bits per heavy atom. The maximum atomic E-state index is 12.3. The summed E-state index contributed by atoms with van der Waals surface area (Å²) >= 11 is 0. The van der Waals surface area contributed by atoms with Crippen LogP contribution < -0.4 is 0 Å². The van der Waals surface area contributed by atoms with Crippen LogP contribution in [0.2, 0.25) is 0 Å². The molecule has 59 heavy (non-hydrogen) atoms. The largest absolute Gasteiger partial charge is 0.457 e. The summed E-state index contributed by atoms with van der Waals surface area (Å²) in [4.78, 5) is 12.3. The van der Waals surface area contributed by atoms with Crippen molar-refractivity contribution in [2.45, 2.75) is 213 Å². The summed E-state index contributed by atoms with van der Waals surface area (Å²) in [5.41, 5.74) is 0. The molecule has 0 heterocycles. The number of hydrogen-bond donors (Lipinski definition) is 1. The molecule has 0 aliphatic rings. The number of unbranched alkanes of at least 4 members (excludes halogenated alkanes) is 18. The molecule has 4 heteroatoms. The number of ether oxygens (including phenoxy) is 2. The van der Waals surface area contributed by atoms with Gasteiger partial charge in [0.1, 0.15) is 6.10 Å². The highest BCUT2D eigenvalue weighted by Crippen LogP contribution is 2.13. The molecule has 4 nitrogen and oxygen atoms in total. The monoisotopic (exact) mass is 817 g/mol. The number of carbonyl (C=O) groups is 1. The smallest absolute Gasteiger partial charge is 0.306 e. The highest BCUT2D eigenvalue weighted by molar-refractivity contribution is 5.69. The van der Waals surface area contributed by atoms with Crippen molar-refractivity contribution in [2.24, 2.45) is 0 Å². The quantitative estimate of drug-likeness (QED) is 0.0378. The molecule has 0 radical (unpaired) electrons. The summed E-state index contributed by atoms with van der Waals surface area (Å²) in [5.74, 6) is -0.219. The minimum absolute atomic E-state index is 0.190. The van der Waals surface area contributed by atoms with Crippen LogP contribution in [0.1, 0.15) is 206 Å². The van der Waals surface area contributed by atoms with Gasteiger partial charge in [0.15, 0.2) is 0 Å². The van der Waals surface area contributed by atoms with E-state index in [9.17, 15) is 9.90 Å². The zero-order valence-electron chi connectivity index (χ0n) is 38.5. The minimum atomic E-state index is -0.558. The molecular formula is C55H92O4. The van der Waals surface area contributed by atoms with E-state index in [0.29, 0.717) is 13.0 Å². The maximum Gasteiger partial charge on any atom is 0.306 e. The molecule has 0 rings (SSSR count). The maximum absolute atomic E-state index is 12.3. The van der Waals surface area contributed by atoms with Gasteiger partial charge in [-0.05, 0) is 103 Å². The van der Waals surface area contributed by atoms with Gasteiger partial charge in [-0.2, -0.15) is 0 Å². The zero-order valence-corrected chi connectivity index (χ0v) is 38.5. The molecule has 336 valence electrons. The number of allylic oxidation sites excluding steroid dienone is 18. The molecule has 0 aliphatic heterocycles. The Balaban J connectivity index is 3.54. The van der Waals surface area contributed by atoms with Crippen molar-refractivity contribution < 1.29 is 19.4 Å². The van der Waals surface area contributed by atoms with Gasteiger partial charge in [0.05, 0.1) is 13.2 Å². The van der Waals surface area contributed by atoms with Gasteiger partial charge in [-0.1, -0.05) is 207 Å². The summed E-state index contributed by atoms with van der Waals surface area (Å²) < 4.78 is 11.2. The van der Waals surface area contributed by atoms with E-state index in [1.807, 2.05) is 0 Å². The van der Waals surface area contributed by atoms with Crippen LogP contribution in [0.4, 0.5) is 0 Å². The molecule has 0 aromatic carbocycles. The third kappa shape index (κ3) is 49.3. The van der Waals surface area contributed by atoms with Gasteiger partial charge in [-0.25, -0.2) is 0 Å². The van der Waals surface area contributed by atoms with Gasteiger partial charge < -0.3 is 14.6 Å². The van der Waals surface area contributed by atoms with Crippen LogP contribution in [-0.4, -0.2) is 37.0 Å². The molecule has 0 spiro atoms. The number of esters is 1. The van der Waals surface area contributed by atoms with Crippen molar-refractivity contribution in [1.29, 1.82) is 0 Å². The van der Waals surface area contributed by atoms with E-state index in [0.717, 1.165) is 83.5 Å². The number of hydrogen-bond acceptors (Lipinski definition) is 4. The summed E-state index contributed by atoms with van der Waals surface area (Å²) in [6.45, 7) is 5.16. The number of aliphatic hydroxyl groups excluding tert-OH is 1. The van der Waals surface area contributed by atoms with Crippen LogP contribution in [0.5, 0.6) is 0 Å². The minimum Gasteiger partial charge on any atom is -0.457 e. The average molecular weight is 817 g/mol. The van der Waals surface area contributed by atoms with Crippen LogP contribution >= 0.6 is 0 Å². The highest BCUT2D eigenvalue weighted by atomic mass is 16.6. The van der Waals surface area contributed by atoms with E-state index >= 15 is 0 Å². The fourth-order valence-electron chi connectivity index (χ4n) is 6.46. The first-order valence-electron chi connectivity index (χ1n) is 24.5. The van der Waals surface area contributed by atoms with Gasteiger partial charge in [-0.3, -0.25) is 4.79 Å². The zero-order chi connectivity index (χ0) is 42.6. The molecule has 1 N–H and O–H groups in total. The number of aliphatic hydroxyl groups is 1. The Bertz CT molecular complexity index is 1130. The summed E-state index contributed by atoms with van der Waals surface area (Å²) in [6, 6.07) is 0. The van der Waals surface area contributed by atoms with E-state index in [1.54, 1.807) is 0 Å². The second-order valence-electron chi connectivity index (χ2n) is 15.8. The molecule has 0 amide bonds. The lowest BCUT2D eigenvalue weighted by atomic mass is 10.1. The van der Waals surface area contributed by atoms with Crippen LogP contribution in [0, 0.1) is 0 Å². The van der Waals surface area contributed by atoms with E-state index in [4.69, 9.17) is 9.47 Å². The van der Waals surface area contributed by atoms with Crippen LogP contribution in [0.15, 0.2) is 109 Å². The van der Waals surface area contributed by atoms with E-state index in [2.05, 4.69) is 123 Å². The third-order valence-electron chi connectivity index (χ3n) is 10.1. The standard InChI is InChI=1S/C55H92O4/c1-3-5-7-9-11-13-15-17-19-21-23-25-27-29-31-33-35-37-39-41-43-45-47-49-51-58-53-54(52-56)59-55(57)50-48-46-44-42-40-38-36-34-32-30-28-26-24-22-20-18-16-14-12-10-8-6-4-2/h5,7,11,13,16-19,22-25,28-31,35,37,54,56H,3-4,6,8-10,12,14-15,20-21,26-27,32-34,36,38-53H2,1-2H3/b7-5-,13-11-,18-16-,19-17-,24-22-,25-23-,30-28-,31-29-,37-35-. The van der Waals surface area contributed by atoms with Crippen LogP contribution in [-0.2, 0) is 14.3 Å². The predicted molar refractivity (Wildman–Crippen MR) is 260 cm³/mol. The Morgan fingerprint density at radius 3 is 1.15 bits per heavy atom. The molecule has 1 atom stereocenters. The van der Waals surface area contributed by atoms with Gasteiger partial charge in [0, 0.05) is 13.0 Å². The summed E-state index contributed by atoms with van der Waals surface area (Å²) in [7, 11) is 0. The van der Waals surface area contributed by atoms with E-state index in [-0.39, 0.29) is 19.2 Å². The van der Waals surface area contributed by atoms with Crippen molar-refractivity contribution in [3.8, 4) is 0 Å². The van der Waals surface area contributed by atoms with Crippen molar-refractivity contribution in [2.75, 3.05) is 19.8 Å². The van der Waals surface area contributed by atoms with Gasteiger partial charge in [0.25, 0.3) is 0 Å². The lowest BCUT2D eigenvalue weighted by molar-refractivity contribution is -0.154. The first-order chi connectivity index (χ1) is 29.2. The molecular weight excluding hydrogens is 725 g/mol. The predicted octanol–water partition coefficient (Wildman–Crippen LogP) is 16.7. The summed E-state index contributed by atoms with van der Waals surface area (Å²) in [5, 5.41) is 9.64. The molecule has 0 bridgehead atoms. The van der Waals surface area contributed by atoms with Gasteiger partial charge >= 0.3 is 5.97 Å². The van der Waals surface area contributed by atoms with Crippen molar-refractivity contribution in [1.82, 2.24) is 0 Å². The molecule has 0 fully saturated rings. The topological polar surface area (TPSA) is 55.8 Å². The van der Waals surface area contributed by atoms with Gasteiger partial charge in [-0.15, -0.1) is 0 Å². The van der Waals surface area contributed by atoms with E-state index < -0.39 is 6.10 Å². The lowest BCUT2D eigenvalue weighted by Gasteiger charge is -2.15. The lowest BCUT2D eigenvalue weighted by Crippen LogP contribution is -2.27. The molecule has 0 aromatic rings. The highest BCUT2D eigenvalue weighted by Gasteiger charge is 2.13. The van der Waals surface area contributed by atoms with Crippen molar-refractivity contribution in [3.05, 3.63) is 109 Å². The number of carbonyl (C=O) groups excluding carboxylic acids is 1. The Kier molecular flexibility index (Phi) is 48.6. The summed E-state index contributed by atoms with van der Waals surface area (Å²) in [6.07, 6.45) is 74.5. The third-order valence-corrected chi connectivity index (χ3v) is 10.1. The SMILES string of the molecule is CC/C=C\C/C=C\C/C=C\C/C=C\C/C=C\C/C=C\CCCCCCCOCC(CO)OC(=O)CCCCCCCCCC/C=C\C/C=C\C/C=C\CCCCCCC. The normalized spacial score (nSPS) is 13.3. The molecule has 0 aliphatic carbocycles. The van der Waals surface area contributed by atoms with Crippen molar-refractivity contribution >= 4 is 5.97 Å². The first kappa shape index (κ1) is 56.0. The molecule has 1 unspecified atom stereocenters. The molecule has 0 aromatic heterocycles. The van der Waals surface area contributed by atoms with Crippen molar-refractivity contribution in [3.63, 3.8) is 0 Å². The average Bonchev–Trinajstić information content (AvgIpc) is 3.24. The second kappa shape index (κ2) is 51.2. The fourth-order valence-corrected chi connectivity index (χ4v) is 6.46. The van der Waals surface area contributed by atoms with Gasteiger partial charge in [0.2, 0.25) is 0 Å². The Hall–Kier alpha value is -2.95. The number of rotatable bonds is 44. The Labute approximate surface area is 365 Å². The molecule has 0 saturated heterocycles. The first-order valence-corrected chi connectivity index (χ1v) is 24.5. The van der Waals surface area contributed by atoms with Crippen LogP contribution in [0.3, 0.4) is 0 Å². The fraction of sp³-hybridized carbons (Fsp3) is 0.655. The van der Waals surface area contributed by atoms with E-state index in [1.165, 1.54) is 103 Å². The second-order valence-corrected chi connectivity index (χ2v) is 15.8. The van der Waals surface area contributed by atoms with Crippen LogP contribution in [0.25, 0.3) is 0 Å². The molecule has 0 saturated carbocycles.